The zero-order chi connectivity index (χ0) is 18.2. The predicted octanol–water partition coefficient (Wildman–Crippen LogP) is 3.12. The zero-order valence-electron chi connectivity index (χ0n) is 13.3. The monoisotopic (exact) mass is 364 g/mol. The summed E-state index contributed by atoms with van der Waals surface area (Å²) in [6.07, 6.45) is 1.39. The van der Waals surface area contributed by atoms with E-state index < -0.39 is 27.4 Å². The number of hydrogen-bond donors (Lipinski definition) is 0. The maximum atomic E-state index is 13.7. The van der Waals surface area contributed by atoms with Gasteiger partial charge in [0.15, 0.2) is 9.84 Å². The third kappa shape index (κ3) is 3.61. The van der Waals surface area contributed by atoms with Crippen LogP contribution < -0.4 is 0 Å². The number of esters is 1. The van der Waals surface area contributed by atoms with E-state index in [1.54, 1.807) is 0 Å². The van der Waals surface area contributed by atoms with E-state index in [2.05, 4.69) is 0 Å². The predicted molar refractivity (Wildman–Crippen MR) is 87.5 cm³/mol. The fraction of sp³-hybridized carbons (Fsp3) is 0.167. The summed E-state index contributed by atoms with van der Waals surface area (Å²) in [5, 5.41) is 0. The minimum absolute atomic E-state index is 0.111. The molecule has 1 fully saturated rings. The first-order chi connectivity index (χ1) is 11.8. The third-order valence-corrected chi connectivity index (χ3v) is 4.98. The number of benzene rings is 2. The Morgan fingerprint density at radius 2 is 1.60 bits per heavy atom. The fourth-order valence-corrected chi connectivity index (χ4v) is 3.37. The Morgan fingerprint density at radius 1 is 1.00 bits per heavy atom. The van der Waals surface area contributed by atoms with Crippen LogP contribution in [0.5, 0.6) is 0 Å². The Morgan fingerprint density at radius 3 is 2.08 bits per heavy atom. The first-order valence-electron chi connectivity index (χ1n) is 7.43. The highest BCUT2D eigenvalue weighted by molar-refractivity contribution is 7.90. The molecule has 0 spiro atoms. The molecule has 0 aromatic heterocycles. The van der Waals surface area contributed by atoms with Crippen LogP contribution in [-0.2, 0) is 19.4 Å². The number of ether oxygens (including phenoxy) is 1. The second kappa shape index (κ2) is 6.40. The van der Waals surface area contributed by atoms with Crippen molar-refractivity contribution in [2.24, 2.45) is 0 Å². The van der Waals surface area contributed by atoms with E-state index in [4.69, 9.17) is 4.74 Å². The fourth-order valence-electron chi connectivity index (χ4n) is 2.74. The van der Waals surface area contributed by atoms with Gasteiger partial charge >= 0.3 is 5.97 Å². The summed E-state index contributed by atoms with van der Waals surface area (Å²) in [5.41, 5.74) is 1.31. The molecular weight excluding hydrogens is 350 g/mol. The van der Waals surface area contributed by atoms with Gasteiger partial charge in [-0.25, -0.2) is 22.0 Å². The van der Waals surface area contributed by atoms with Crippen molar-refractivity contribution >= 4 is 21.4 Å². The molecule has 3 rings (SSSR count). The van der Waals surface area contributed by atoms with Crippen LogP contribution in [0.25, 0.3) is 5.57 Å². The van der Waals surface area contributed by atoms with Gasteiger partial charge in [0, 0.05) is 24.3 Å². The summed E-state index contributed by atoms with van der Waals surface area (Å²) in [6, 6.07) is 8.79. The summed E-state index contributed by atoms with van der Waals surface area (Å²) in [7, 11) is -3.38. The summed E-state index contributed by atoms with van der Waals surface area (Å²) in [5.74, 6) is -2.09. The van der Waals surface area contributed by atoms with Crippen LogP contribution >= 0.6 is 0 Å². The lowest BCUT2D eigenvalue weighted by molar-refractivity contribution is -0.135. The van der Waals surface area contributed by atoms with E-state index >= 15 is 0 Å². The Balaban J connectivity index is 2.21. The van der Waals surface area contributed by atoms with Crippen LogP contribution in [0.1, 0.15) is 17.5 Å². The highest BCUT2D eigenvalue weighted by Crippen LogP contribution is 2.33. The van der Waals surface area contributed by atoms with Gasteiger partial charge in [-0.3, -0.25) is 0 Å². The highest BCUT2D eigenvalue weighted by Gasteiger charge is 2.25. The lowest BCUT2D eigenvalue weighted by Gasteiger charge is -2.12. The largest absolute Gasteiger partial charge is 0.462 e. The van der Waals surface area contributed by atoms with Crippen molar-refractivity contribution in [2.75, 3.05) is 12.9 Å². The van der Waals surface area contributed by atoms with Crippen molar-refractivity contribution in [3.05, 3.63) is 70.8 Å². The lowest BCUT2D eigenvalue weighted by atomic mass is 9.92. The minimum Gasteiger partial charge on any atom is -0.462 e. The molecule has 0 saturated carbocycles. The molecule has 25 heavy (non-hydrogen) atoms. The van der Waals surface area contributed by atoms with E-state index in [0.717, 1.165) is 24.5 Å². The van der Waals surface area contributed by atoms with Gasteiger partial charge in [-0.1, -0.05) is 12.1 Å². The molecule has 1 aliphatic heterocycles. The zero-order valence-corrected chi connectivity index (χ0v) is 14.1. The van der Waals surface area contributed by atoms with Gasteiger partial charge in [0.1, 0.15) is 11.6 Å². The molecule has 0 bridgehead atoms. The SMILES string of the molecule is CS(=O)(=O)c1ccc(C(=C2CCOC2=O)c2cc(F)cc(F)c2)cc1. The number of carbonyl (C=O) groups is 1. The summed E-state index contributed by atoms with van der Waals surface area (Å²) in [6.45, 7) is 0.191. The number of halogens is 2. The van der Waals surface area contributed by atoms with Gasteiger partial charge in [-0.2, -0.15) is 0 Å². The highest BCUT2D eigenvalue weighted by atomic mass is 32.2. The van der Waals surface area contributed by atoms with Gasteiger partial charge in [-0.15, -0.1) is 0 Å². The van der Waals surface area contributed by atoms with Crippen molar-refractivity contribution in [1.29, 1.82) is 0 Å². The molecule has 2 aromatic carbocycles. The molecule has 0 radical (unpaired) electrons. The topological polar surface area (TPSA) is 60.4 Å². The van der Waals surface area contributed by atoms with Crippen LogP contribution in [-0.4, -0.2) is 27.2 Å². The number of rotatable bonds is 3. The van der Waals surface area contributed by atoms with Gasteiger partial charge in [-0.05, 0) is 41.0 Å². The molecular formula is C18H14F2O4S. The smallest absolute Gasteiger partial charge is 0.334 e. The molecule has 130 valence electrons. The molecule has 1 aliphatic rings. The molecule has 4 nitrogen and oxygen atoms in total. The van der Waals surface area contributed by atoms with Gasteiger partial charge < -0.3 is 4.74 Å². The van der Waals surface area contributed by atoms with Gasteiger partial charge in [0.25, 0.3) is 0 Å². The molecule has 0 N–H and O–H groups in total. The van der Waals surface area contributed by atoms with Crippen LogP contribution in [0.2, 0.25) is 0 Å². The Labute approximate surface area is 143 Å². The number of sulfone groups is 1. The average molecular weight is 364 g/mol. The average Bonchev–Trinajstić information content (AvgIpc) is 2.92. The Bertz CT molecular complexity index is 956. The Kier molecular flexibility index (Phi) is 4.43. The third-order valence-electron chi connectivity index (χ3n) is 3.86. The maximum Gasteiger partial charge on any atom is 0.334 e. The van der Waals surface area contributed by atoms with Crippen LogP contribution in [0.15, 0.2) is 52.9 Å². The molecule has 7 heteroatoms. The quantitative estimate of drug-likeness (QED) is 0.620. The van der Waals surface area contributed by atoms with Gasteiger partial charge in [0.2, 0.25) is 0 Å². The molecule has 0 amide bonds. The van der Waals surface area contributed by atoms with E-state index in [-0.39, 0.29) is 17.1 Å². The van der Waals surface area contributed by atoms with E-state index in [9.17, 15) is 22.0 Å². The molecule has 1 heterocycles. The Hall–Kier alpha value is -2.54. The van der Waals surface area contributed by atoms with Gasteiger partial charge in [0.05, 0.1) is 11.5 Å². The molecule has 2 aromatic rings. The summed E-state index contributed by atoms with van der Waals surface area (Å²) >= 11 is 0. The van der Waals surface area contributed by atoms with Crippen molar-refractivity contribution in [3.8, 4) is 0 Å². The second-order valence-electron chi connectivity index (χ2n) is 5.69. The summed E-state index contributed by atoms with van der Waals surface area (Å²) < 4.78 is 55.4. The van der Waals surface area contributed by atoms with E-state index in [1.807, 2.05) is 0 Å². The standard InChI is InChI=1S/C18H14F2O4S/c1-25(22,23)15-4-2-11(3-5-15)17(16-6-7-24-18(16)21)12-8-13(19)10-14(20)9-12/h2-5,8-10H,6-7H2,1H3. The van der Waals surface area contributed by atoms with Crippen molar-refractivity contribution < 1.29 is 26.7 Å². The van der Waals surface area contributed by atoms with Crippen LogP contribution in [0.3, 0.4) is 0 Å². The first-order valence-corrected chi connectivity index (χ1v) is 9.32. The lowest BCUT2D eigenvalue weighted by Crippen LogP contribution is -2.03. The second-order valence-corrected chi connectivity index (χ2v) is 7.71. The number of hydrogen-bond acceptors (Lipinski definition) is 4. The van der Waals surface area contributed by atoms with Crippen molar-refractivity contribution in [1.82, 2.24) is 0 Å². The molecule has 0 atom stereocenters. The minimum atomic E-state index is -3.38. The normalized spacial score (nSPS) is 16.7. The van der Waals surface area contributed by atoms with Crippen LogP contribution in [0.4, 0.5) is 8.78 Å². The summed E-state index contributed by atoms with van der Waals surface area (Å²) in [4.78, 5) is 12.1. The molecule has 0 aliphatic carbocycles. The molecule has 1 saturated heterocycles. The van der Waals surface area contributed by atoms with Crippen molar-refractivity contribution in [2.45, 2.75) is 11.3 Å². The van der Waals surface area contributed by atoms with Crippen LogP contribution in [0, 0.1) is 11.6 Å². The number of cyclic esters (lactones) is 1. The first kappa shape index (κ1) is 17.3. The van der Waals surface area contributed by atoms with Crippen molar-refractivity contribution in [3.63, 3.8) is 0 Å². The molecule has 0 unspecified atom stereocenters. The van der Waals surface area contributed by atoms with E-state index in [0.29, 0.717) is 23.1 Å². The number of carbonyl (C=O) groups excluding carboxylic acids is 1. The van der Waals surface area contributed by atoms with E-state index in [1.165, 1.54) is 24.3 Å². The maximum absolute atomic E-state index is 13.7.